The Balaban J connectivity index is 2.96. The lowest BCUT2D eigenvalue weighted by atomic mass is 10.3. The summed E-state index contributed by atoms with van der Waals surface area (Å²) in [5.74, 6) is -2.70. The van der Waals surface area contributed by atoms with Gasteiger partial charge < -0.3 is 9.84 Å². The van der Waals surface area contributed by atoms with Gasteiger partial charge in [-0.3, -0.25) is 10.1 Å². The first-order valence-electron chi connectivity index (χ1n) is 4.36. The van der Waals surface area contributed by atoms with E-state index in [2.05, 4.69) is 0 Å². The molecule has 0 saturated carbocycles. The van der Waals surface area contributed by atoms with Crippen molar-refractivity contribution in [1.29, 1.82) is 0 Å². The molecule has 88 valence electrons. The lowest BCUT2D eigenvalue weighted by Crippen LogP contribution is -2.13. The third-order valence-electron chi connectivity index (χ3n) is 1.68. The minimum Gasteiger partial charge on any atom is -0.488 e. The number of aliphatic hydroxyl groups is 1. The Morgan fingerprint density at radius 3 is 2.62 bits per heavy atom. The minimum atomic E-state index is -1.19. The average Bonchev–Trinajstić information content (AvgIpc) is 2.18. The third kappa shape index (κ3) is 2.86. The van der Waals surface area contributed by atoms with Crippen LogP contribution in [0.25, 0.3) is 0 Å². The van der Waals surface area contributed by atoms with Gasteiger partial charge >= 0.3 is 5.69 Å². The highest BCUT2D eigenvalue weighted by Gasteiger charge is 2.19. The normalized spacial score (nSPS) is 12.2. The summed E-state index contributed by atoms with van der Waals surface area (Å²) in [5, 5.41) is 19.1. The van der Waals surface area contributed by atoms with Crippen molar-refractivity contribution in [2.24, 2.45) is 0 Å². The van der Waals surface area contributed by atoms with Crippen LogP contribution in [0.2, 0.25) is 0 Å². The van der Waals surface area contributed by atoms with Crippen molar-refractivity contribution >= 4 is 5.69 Å². The third-order valence-corrected chi connectivity index (χ3v) is 1.68. The molecule has 0 amide bonds. The van der Waals surface area contributed by atoms with E-state index in [0.717, 1.165) is 0 Å². The van der Waals surface area contributed by atoms with Gasteiger partial charge in [-0.1, -0.05) is 0 Å². The van der Waals surface area contributed by atoms with Gasteiger partial charge in [0.05, 0.1) is 17.1 Å². The number of rotatable bonds is 4. The van der Waals surface area contributed by atoms with Crippen LogP contribution in [-0.2, 0) is 0 Å². The van der Waals surface area contributed by atoms with Crippen LogP contribution in [0, 0.1) is 21.7 Å². The first kappa shape index (κ1) is 12.3. The van der Waals surface area contributed by atoms with E-state index in [-0.39, 0.29) is 6.61 Å². The Morgan fingerprint density at radius 1 is 1.50 bits per heavy atom. The zero-order chi connectivity index (χ0) is 12.3. The first-order chi connectivity index (χ1) is 7.41. The lowest BCUT2D eigenvalue weighted by Gasteiger charge is -2.08. The zero-order valence-electron chi connectivity index (χ0n) is 8.31. The molecular weight excluding hydrogens is 224 g/mol. The van der Waals surface area contributed by atoms with E-state index in [0.29, 0.717) is 12.1 Å². The molecule has 0 bridgehead atoms. The largest absolute Gasteiger partial charge is 0.488 e. The van der Waals surface area contributed by atoms with Crippen LogP contribution in [-0.4, -0.2) is 22.7 Å². The van der Waals surface area contributed by atoms with E-state index >= 15 is 0 Å². The Kier molecular flexibility index (Phi) is 3.73. The molecule has 1 unspecified atom stereocenters. The van der Waals surface area contributed by atoms with Crippen molar-refractivity contribution in [2.75, 3.05) is 6.61 Å². The number of hydrogen-bond donors (Lipinski definition) is 1. The predicted molar refractivity (Wildman–Crippen MR) is 50.2 cm³/mol. The molecule has 1 N–H and O–H groups in total. The molecule has 0 aliphatic heterocycles. The summed E-state index contributed by atoms with van der Waals surface area (Å²) in [7, 11) is 0. The van der Waals surface area contributed by atoms with Gasteiger partial charge in [-0.15, -0.1) is 0 Å². The second-order valence-corrected chi connectivity index (χ2v) is 3.15. The predicted octanol–water partition coefficient (Wildman–Crippen LogP) is 1.63. The van der Waals surface area contributed by atoms with Crippen molar-refractivity contribution in [3.63, 3.8) is 0 Å². The number of aliphatic hydroxyl groups excluding tert-OH is 1. The molecule has 0 aliphatic carbocycles. The molecule has 1 aromatic rings. The Labute approximate surface area is 89.4 Å². The van der Waals surface area contributed by atoms with Gasteiger partial charge in [0, 0.05) is 6.07 Å². The molecule has 0 fully saturated rings. The van der Waals surface area contributed by atoms with E-state index in [4.69, 9.17) is 9.84 Å². The highest BCUT2D eigenvalue weighted by molar-refractivity contribution is 5.39. The molecule has 0 aromatic heterocycles. The maximum Gasteiger partial charge on any atom is 0.307 e. The molecule has 1 rings (SSSR count). The highest BCUT2D eigenvalue weighted by atomic mass is 19.1. The average molecular weight is 233 g/mol. The number of nitro benzene ring substituents is 1. The molecular formula is C9H9F2NO4. The summed E-state index contributed by atoms with van der Waals surface area (Å²) in [6, 6.07) is 1.02. The van der Waals surface area contributed by atoms with Gasteiger partial charge in [0.1, 0.15) is 6.61 Å². The number of nitrogens with zero attached hydrogens (tertiary/aromatic N) is 1. The summed E-state index contributed by atoms with van der Waals surface area (Å²) in [6.07, 6.45) is -0.849. The van der Waals surface area contributed by atoms with Crippen molar-refractivity contribution < 1.29 is 23.5 Å². The molecule has 0 spiro atoms. The molecule has 0 aliphatic rings. The van der Waals surface area contributed by atoms with E-state index in [9.17, 15) is 18.9 Å². The van der Waals surface area contributed by atoms with Crippen molar-refractivity contribution in [2.45, 2.75) is 13.0 Å². The number of benzene rings is 1. The molecule has 1 atom stereocenters. The SMILES string of the molecule is CC(O)COc1cc(F)c([N+](=O)[O-])cc1F. The van der Waals surface area contributed by atoms with Gasteiger partial charge in [0.25, 0.3) is 0 Å². The summed E-state index contributed by atoms with van der Waals surface area (Å²) in [4.78, 5) is 9.24. The van der Waals surface area contributed by atoms with Gasteiger partial charge in [0.2, 0.25) is 5.82 Å². The quantitative estimate of drug-likeness (QED) is 0.633. The molecule has 0 radical (unpaired) electrons. The minimum absolute atomic E-state index is 0.228. The van der Waals surface area contributed by atoms with E-state index in [1.807, 2.05) is 0 Å². The van der Waals surface area contributed by atoms with Gasteiger partial charge in [-0.2, -0.15) is 4.39 Å². The Bertz CT molecular complexity index is 409. The van der Waals surface area contributed by atoms with E-state index in [1.54, 1.807) is 0 Å². The highest BCUT2D eigenvalue weighted by Crippen LogP contribution is 2.26. The molecule has 16 heavy (non-hydrogen) atoms. The topological polar surface area (TPSA) is 72.6 Å². The standard InChI is InChI=1S/C9H9F2NO4/c1-5(13)4-16-9-3-6(10)8(12(14)15)2-7(9)11/h2-3,5,13H,4H2,1H3. The number of ether oxygens (including phenoxy) is 1. The zero-order valence-corrected chi connectivity index (χ0v) is 8.31. The molecule has 0 saturated heterocycles. The van der Waals surface area contributed by atoms with E-state index < -0.39 is 34.1 Å². The van der Waals surface area contributed by atoms with Gasteiger partial charge in [-0.25, -0.2) is 4.39 Å². The summed E-state index contributed by atoms with van der Waals surface area (Å²) < 4.78 is 30.9. The number of halogens is 2. The smallest absolute Gasteiger partial charge is 0.307 e. The van der Waals surface area contributed by atoms with Crippen LogP contribution in [0.15, 0.2) is 12.1 Å². The fourth-order valence-corrected chi connectivity index (χ4v) is 0.979. The molecule has 5 nitrogen and oxygen atoms in total. The van der Waals surface area contributed by atoms with E-state index in [1.165, 1.54) is 6.92 Å². The fourth-order valence-electron chi connectivity index (χ4n) is 0.979. The monoisotopic (exact) mass is 233 g/mol. The van der Waals surface area contributed by atoms with Crippen molar-refractivity contribution in [3.8, 4) is 5.75 Å². The van der Waals surface area contributed by atoms with Crippen molar-refractivity contribution in [3.05, 3.63) is 33.9 Å². The van der Waals surface area contributed by atoms with Crippen LogP contribution < -0.4 is 4.74 Å². The van der Waals surface area contributed by atoms with Crippen LogP contribution in [0.4, 0.5) is 14.5 Å². The van der Waals surface area contributed by atoms with Crippen LogP contribution >= 0.6 is 0 Å². The van der Waals surface area contributed by atoms with Crippen LogP contribution in [0.1, 0.15) is 6.92 Å². The van der Waals surface area contributed by atoms with Crippen molar-refractivity contribution in [1.82, 2.24) is 0 Å². The number of hydrogen-bond acceptors (Lipinski definition) is 4. The van der Waals surface area contributed by atoms with Gasteiger partial charge in [-0.05, 0) is 6.92 Å². The maximum absolute atomic E-state index is 13.2. The summed E-state index contributed by atoms with van der Waals surface area (Å²) >= 11 is 0. The number of nitro groups is 1. The first-order valence-corrected chi connectivity index (χ1v) is 4.36. The second-order valence-electron chi connectivity index (χ2n) is 3.15. The Hall–Kier alpha value is -1.76. The van der Waals surface area contributed by atoms with Crippen LogP contribution in [0.5, 0.6) is 5.75 Å². The fraction of sp³-hybridized carbons (Fsp3) is 0.333. The summed E-state index contributed by atoms with van der Waals surface area (Å²) in [5.41, 5.74) is -0.957. The summed E-state index contributed by atoms with van der Waals surface area (Å²) in [6.45, 7) is 1.17. The Morgan fingerprint density at radius 2 is 2.12 bits per heavy atom. The van der Waals surface area contributed by atoms with Crippen LogP contribution in [0.3, 0.4) is 0 Å². The lowest BCUT2D eigenvalue weighted by molar-refractivity contribution is -0.387. The second kappa shape index (κ2) is 4.84. The molecule has 0 heterocycles. The molecule has 1 aromatic carbocycles. The van der Waals surface area contributed by atoms with Gasteiger partial charge in [0.15, 0.2) is 11.6 Å². The maximum atomic E-state index is 13.2. The molecule has 7 heteroatoms.